The molecule has 2 aromatic rings. The molecule has 0 unspecified atom stereocenters. The van der Waals surface area contributed by atoms with E-state index < -0.39 is 0 Å². The Morgan fingerprint density at radius 2 is 1.90 bits per heavy atom. The van der Waals surface area contributed by atoms with Gasteiger partial charge < -0.3 is 15.8 Å². The molecule has 0 fully saturated rings. The van der Waals surface area contributed by atoms with E-state index in [4.69, 9.17) is 10.5 Å². The van der Waals surface area contributed by atoms with Crippen molar-refractivity contribution in [2.24, 2.45) is 0 Å². The van der Waals surface area contributed by atoms with Crippen LogP contribution in [0.3, 0.4) is 0 Å². The van der Waals surface area contributed by atoms with Crippen molar-refractivity contribution in [1.29, 1.82) is 0 Å². The molecular weight excluding hydrogens is 264 g/mol. The lowest BCUT2D eigenvalue weighted by Crippen LogP contribution is -2.18. The van der Waals surface area contributed by atoms with Gasteiger partial charge in [0, 0.05) is 23.6 Å². The van der Waals surface area contributed by atoms with Crippen molar-refractivity contribution in [3.63, 3.8) is 0 Å². The Labute approximate surface area is 125 Å². The molecule has 5 nitrogen and oxygen atoms in total. The van der Waals surface area contributed by atoms with Crippen LogP contribution >= 0.6 is 0 Å². The summed E-state index contributed by atoms with van der Waals surface area (Å²) in [6.07, 6.45) is 0. The van der Waals surface area contributed by atoms with E-state index >= 15 is 0 Å². The topological polar surface area (TPSA) is 73.1 Å². The second kappa shape index (κ2) is 5.99. The number of anilines is 2. The number of methoxy groups -OCH3 is 1. The fourth-order valence-corrected chi connectivity index (χ4v) is 1.93. The molecule has 0 bridgehead atoms. The minimum atomic E-state index is -0.143. The summed E-state index contributed by atoms with van der Waals surface area (Å²) in [5.74, 6) is 2.77. The van der Waals surface area contributed by atoms with Crippen LogP contribution in [0.4, 0.5) is 11.6 Å². The number of nitrogens with two attached hydrogens (primary N) is 1. The minimum Gasteiger partial charge on any atom is -0.496 e. The van der Waals surface area contributed by atoms with Crippen molar-refractivity contribution >= 4 is 11.6 Å². The van der Waals surface area contributed by atoms with Gasteiger partial charge in [-0.3, -0.25) is 0 Å². The maximum absolute atomic E-state index is 5.87. The van der Waals surface area contributed by atoms with Crippen LogP contribution in [0.2, 0.25) is 0 Å². The Morgan fingerprint density at radius 3 is 2.57 bits per heavy atom. The molecule has 0 radical (unpaired) electrons. The molecule has 0 saturated heterocycles. The van der Waals surface area contributed by atoms with Crippen LogP contribution in [-0.4, -0.2) is 17.1 Å². The largest absolute Gasteiger partial charge is 0.496 e. The number of hydrogen-bond donors (Lipinski definition) is 2. The van der Waals surface area contributed by atoms with Crippen molar-refractivity contribution in [3.05, 3.63) is 41.7 Å². The number of nitrogens with zero attached hydrogens (tertiary/aromatic N) is 2. The first-order chi connectivity index (χ1) is 9.90. The monoisotopic (exact) mass is 286 g/mol. The zero-order chi connectivity index (χ0) is 15.5. The number of aromatic nitrogens is 2. The molecule has 3 N–H and O–H groups in total. The van der Waals surface area contributed by atoms with Gasteiger partial charge in [-0.15, -0.1) is 0 Å². The zero-order valence-electron chi connectivity index (χ0n) is 13.0. The van der Waals surface area contributed by atoms with E-state index in [2.05, 4.69) is 36.1 Å². The zero-order valence-corrected chi connectivity index (χ0v) is 13.0. The van der Waals surface area contributed by atoms with Gasteiger partial charge in [-0.2, -0.15) is 0 Å². The van der Waals surface area contributed by atoms with Gasteiger partial charge in [0.25, 0.3) is 0 Å². The summed E-state index contributed by atoms with van der Waals surface area (Å²) in [5, 5.41) is 3.28. The molecular formula is C16H22N4O. The number of rotatable bonds is 4. The number of ether oxygens (including phenoxy) is 1. The van der Waals surface area contributed by atoms with Crippen molar-refractivity contribution < 1.29 is 4.74 Å². The second-order valence-corrected chi connectivity index (χ2v) is 5.92. The summed E-state index contributed by atoms with van der Waals surface area (Å²) in [5.41, 5.74) is 6.79. The fraction of sp³-hybridized carbons (Fsp3) is 0.375. The molecule has 0 atom stereocenters. The first kappa shape index (κ1) is 15.1. The van der Waals surface area contributed by atoms with Crippen LogP contribution in [0.1, 0.15) is 32.2 Å². The third-order valence-electron chi connectivity index (χ3n) is 3.07. The van der Waals surface area contributed by atoms with Crippen LogP contribution in [-0.2, 0) is 12.0 Å². The van der Waals surface area contributed by atoms with E-state index in [-0.39, 0.29) is 5.41 Å². The van der Waals surface area contributed by atoms with Gasteiger partial charge in [0.2, 0.25) is 0 Å². The summed E-state index contributed by atoms with van der Waals surface area (Å²) in [4.78, 5) is 8.83. The molecule has 0 amide bonds. The van der Waals surface area contributed by atoms with Crippen LogP contribution in [0, 0.1) is 0 Å². The highest BCUT2D eigenvalue weighted by Crippen LogP contribution is 2.22. The van der Waals surface area contributed by atoms with E-state index in [0.29, 0.717) is 12.4 Å². The number of para-hydroxylation sites is 1. The minimum absolute atomic E-state index is 0.143. The van der Waals surface area contributed by atoms with E-state index in [1.807, 2.05) is 24.3 Å². The van der Waals surface area contributed by atoms with Crippen molar-refractivity contribution in [2.75, 3.05) is 18.2 Å². The fourth-order valence-electron chi connectivity index (χ4n) is 1.93. The quantitative estimate of drug-likeness (QED) is 0.904. The average Bonchev–Trinajstić information content (AvgIpc) is 2.44. The highest BCUT2D eigenvalue weighted by atomic mass is 16.5. The van der Waals surface area contributed by atoms with E-state index in [1.165, 1.54) is 0 Å². The highest BCUT2D eigenvalue weighted by Gasteiger charge is 2.18. The van der Waals surface area contributed by atoms with Gasteiger partial charge in [-0.1, -0.05) is 39.0 Å². The predicted molar refractivity (Wildman–Crippen MR) is 85.5 cm³/mol. The summed E-state index contributed by atoms with van der Waals surface area (Å²) >= 11 is 0. The molecule has 0 saturated carbocycles. The summed E-state index contributed by atoms with van der Waals surface area (Å²) < 4.78 is 5.34. The predicted octanol–water partition coefficient (Wildman–Crippen LogP) is 2.98. The van der Waals surface area contributed by atoms with Gasteiger partial charge in [0.15, 0.2) is 0 Å². The summed E-state index contributed by atoms with van der Waals surface area (Å²) in [6, 6.07) is 9.62. The Morgan fingerprint density at radius 1 is 1.19 bits per heavy atom. The Bertz CT molecular complexity index is 620. The molecule has 1 aromatic heterocycles. The molecule has 0 aliphatic heterocycles. The third kappa shape index (κ3) is 3.84. The Hall–Kier alpha value is -2.30. The number of hydrogen-bond acceptors (Lipinski definition) is 5. The maximum atomic E-state index is 5.87. The molecule has 1 aromatic carbocycles. The average molecular weight is 286 g/mol. The second-order valence-electron chi connectivity index (χ2n) is 5.92. The van der Waals surface area contributed by atoms with Gasteiger partial charge in [-0.05, 0) is 6.07 Å². The van der Waals surface area contributed by atoms with Crippen LogP contribution in [0.25, 0.3) is 0 Å². The number of nitrogens with one attached hydrogen (secondary N) is 1. The molecule has 0 aliphatic carbocycles. The van der Waals surface area contributed by atoms with Gasteiger partial charge in [0.1, 0.15) is 23.2 Å². The van der Waals surface area contributed by atoms with Crippen LogP contribution in [0.5, 0.6) is 5.75 Å². The van der Waals surface area contributed by atoms with Crippen molar-refractivity contribution in [3.8, 4) is 5.75 Å². The third-order valence-corrected chi connectivity index (χ3v) is 3.07. The van der Waals surface area contributed by atoms with E-state index in [1.54, 1.807) is 13.2 Å². The van der Waals surface area contributed by atoms with Crippen molar-refractivity contribution in [2.45, 2.75) is 32.7 Å². The molecule has 0 spiro atoms. The lowest BCUT2D eigenvalue weighted by molar-refractivity contribution is 0.410. The number of nitrogen functional groups attached to an aromatic ring is 1. The van der Waals surface area contributed by atoms with Crippen molar-refractivity contribution in [1.82, 2.24) is 9.97 Å². The Kier molecular flexibility index (Phi) is 4.31. The molecule has 2 rings (SSSR count). The Balaban J connectivity index is 2.19. The summed E-state index contributed by atoms with van der Waals surface area (Å²) in [7, 11) is 1.67. The molecule has 5 heteroatoms. The van der Waals surface area contributed by atoms with E-state index in [0.717, 1.165) is 23.0 Å². The van der Waals surface area contributed by atoms with Gasteiger partial charge in [0.05, 0.1) is 7.11 Å². The lowest BCUT2D eigenvalue weighted by atomic mass is 9.96. The first-order valence-electron chi connectivity index (χ1n) is 6.91. The van der Waals surface area contributed by atoms with Gasteiger partial charge in [-0.25, -0.2) is 9.97 Å². The maximum Gasteiger partial charge on any atom is 0.138 e. The number of benzene rings is 1. The normalized spacial score (nSPS) is 11.2. The SMILES string of the molecule is COc1ccccc1CNc1cc(N)nc(C(C)(C)C)n1. The molecule has 112 valence electrons. The van der Waals surface area contributed by atoms with E-state index in [9.17, 15) is 0 Å². The van der Waals surface area contributed by atoms with Crippen LogP contribution in [0.15, 0.2) is 30.3 Å². The first-order valence-corrected chi connectivity index (χ1v) is 6.91. The molecule has 0 aliphatic rings. The summed E-state index contributed by atoms with van der Waals surface area (Å²) in [6.45, 7) is 6.80. The molecule has 21 heavy (non-hydrogen) atoms. The lowest BCUT2D eigenvalue weighted by Gasteiger charge is -2.18. The van der Waals surface area contributed by atoms with Gasteiger partial charge >= 0.3 is 0 Å². The standard InChI is InChI=1S/C16H22N4O/c1-16(2,3)15-19-13(17)9-14(20-15)18-10-11-7-5-6-8-12(11)21-4/h5-9H,10H2,1-4H3,(H3,17,18,19,20). The highest BCUT2D eigenvalue weighted by molar-refractivity contribution is 5.46. The molecule has 1 heterocycles. The smallest absolute Gasteiger partial charge is 0.138 e. The van der Waals surface area contributed by atoms with Crippen LogP contribution < -0.4 is 15.8 Å².